The van der Waals surface area contributed by atoms with Gasteiger partial charge in [0.2, 0.25) is 0 Å². The standard InChI is InChI=1S/C27H43FO/c1-17(2)7-6-8-18(3)21-9-10-22-19-14-16-27(5)23(11-12-24(29)25(27)28)20(19)13-15-26(21,22)4/h17-19,21-22,25H,6-16H2,1-5H3/t18-,19-,21-,22+,25-,26-,27+/m1/s1. The minimum absolute atomic E-state index is 0.146. The molecule has 4 aliphatic rings. The number of halogens is 1. The highest BCUT2D eigenvalue weighted by Crippen LogP contribution is 2.65. The zero-order valence-corrected chi connectivity index (χ0v) is 19.5. The van der Waals surface area contributed by atoms with E-state index in [-0.39, 0.29) is 5.78 Å². The Morgan fingerprint density at radius 2 is 1.76 bits per heavy atom. The van der Waals surface area contributed by atoms with Crippen molar-refractivity contribution in [2.24, 2.45) is 40.4 Å². The van der Waals surface area contributed by atoms with Crippen molar-refractivity contribution in [3.63, 3.8) is 0 Å². The lowest BCUT2D eigenvalue weighted by Crippen LogP contribution is -2.48. The minimum atomic E-state index is -1.26. The molecular formula is C27H43FO. The topological polar surface area (TPSA) is 17.1 Å². The number of hydrogen-bond acceptors (Lipinski definition) is 1. The summed E-state index contributed by atoms with van der Waals surface area (Å²) in [6, 6.07) is 0. The molecule has 3 fully saturated rings. The van der Waals surface area contributed by atoms with E-state index in [0.29, 0.717) is 17.8 Å². The minimum Gasteiger partial charge on any atom is -0.296 e. The first-order valence-electron chi connectivity index (χ1n) is 12.6. The summed E-state index contributed by atoms with van der Waals surface area (Å²) in [6.07, 6.45) is 11.3. The van der Waals surface area contributed by atoms with Gasteiger partial charge in [-0.05, 0) is 80.0 Å². The van der Waals surface area contributed by atoms with E-state index in [1.54, 1.807) is 5.57 Å². The molecule has 0 aromatic rings. The summed E-state index contributed by atoms with van der Waals surface area (Å²) in [4.78, 5) is 12.1. The van der Waals surface area contributed by atoms with Crippen molar-refractivity contribution < 1.29 is 9.18 Å². The van der Waals surface area contributed by atoms with Crippen LogP contribution in [0.1, 0.15) is 105 Å². The van der Waals surface area contributed by atoms with Gasteiger partial charge in [0.15, 0.2) is 12.0 Å². The Kier molecular flexibility index (Phi) is 5.79. The fraction of sp³-hybridized carbons (Fsp3) is 0.889. The maximum Gasteiger partial charge on any atom is 0.168 e. The van der Waals surface area contributed by atoms with Crippen molar-refractivity contribution in [3.8, 4) is 0 Å². The SMILES string of the molecule is CC(C)CCC[C@@H](C)[C@H]1CC[C@H]2[C@@H]3CC[C@@]4(C)C(=C3CC[C@]12C)CCC(=O)[C@H]4F. The van der Waals surface area contributed by atoms with Crippen molar-refractivity contribution >= 4 is 5.78 Å². The number of fused-ring (bicyclic) bond motifs is 4. The van der Waals surface area contributed by atoms with Gasteiger partial charge in [0.05, 0.1) is 0 Å². The average Bonchev–Trinajstić information content (AvgIpc) is 3.02. The Labute approximate surface area is 178 Å². The van der Waals surface area contributed by atoms with Gasteiger partial charge in [-0.3, -0.25) is 4.79 Å². The van der Waals surface area contributed by atoms with Crippen molar-refractivity contribution in [1.29, 1.82) is 0 Å². The lowest BCUT2D eigenvalue weighted by atomic mass is 9.51. The zero-order chi connectivity index (χ0) is 21.0. The summed E-state index contributed by atoms with van der Waals surface area (Å²) in [6.45, 7) is 11.9. The largest absolute Gasteiger partial charge is 0.296 e. The van der Waals surface area contributed by atoms with Gasteiger partial charge < -0.3 is 0 Å². The molecule has 0 spiro atoms. The third-order valence-corrected chi connectivity index (χ3v) is 9.99. The lowest BCUT2D eigenvalue weighted by molar-refractivity contribution is -0.130. The Morgan fingerprint density at radius 1 is 1.00 bits per heavy atom. The summed E-state index contributed by atoms with van der Waals surface area (Å²) >= 11 is 0. The lowest BCUT2D eigenvalue weighted by Gasteiger charge is -2.54. The van der Waals surface area contributed by atoms with Gasteiger partial charge in [-0.1, -0.05) is 65.0 Å². The van der Waals surface area contributed by atoms with Crippen molar-refractivity contribution in [2.75, 3.05) is 0 Å². The van der Waals surface area contributed by atoms with Crippen molar-refractivity contribution in [3.05, 3.63) is 11.1 Å². The van der Waals surface area contributed by atoms with Gasteiger partial charge in [-0.2, -0.15) is 0 Å². The second-order valence-corrected chi connectivity index (χ2v) is 12.0. The molecule has 0 saturated heterocycles. The molecule has 0 aliphatic heterocycles. The van der Waals surface area contributed by atoms with Crippen molar-refractivity contribution in [1.82, 2.24) is 0 Å². The monoisotopic (exact) mass is 402 g/mol. The number of ketones is 1. The first-order chi connectivity index (χ1) is 13.7. The number of Topliss-reactive ketones (excluding diaryl/α,β-unsaturated/α-hetero) is 1. The molecule has 4 rings (SSSR count). The quantitative estimate of drug-likeness (QED) is 0.431. The van der Waals surface area contributed by atoms with Crippen LogP contribution in [0.3, 0.4) is 0 Å². The summed E-state index contributed by atoms with van der Waals surface area (Å²) < 4.78 is 15.0. The second-order valence-electron chi connectivity index (χ2n) is 12.0. The third kappa shape index (κ3) is 3.45. The molecule has 164 valence electrons. The Balaban J connectivity index is 1.54. The van der Waals surface area contributed by atoms with E-state index < -0.39 is 11.6 Å². The van der Waals surface area contributed by atoms with Gasteiger partial charge in [-0.15, -0.1) is 0 Å². The van der Waals surface area contributed by atoms with E-state index in [9.17, 15) is 9.18 Å². The van der Waals surface area contributed by atoms with Crippen LogP contribution in [-0.2, 0) is 4.79 Å². The molecule has 1 nitrogen and oxygen atoms in total. The van der Waals surface area contributed by atoms with Crippen LogP contribution in [0.5, 0.6) is 0 Å². The molecule has 0 unspecified atom stereocenters. The van der Waals surface area contributed by atoms with Crippen LogP contribution in [-0.4, -0.2) is 12.0 Å². The summed E-state index contributed by atoms with van der Waals surface area (Å²) in [5, 5.41) is 0. The number of allylic oxidation sites excluding steroid dienone is 2. The van der Waals surface area contributed by atoms with Crippen LogP contribution in [0, 0.1) is 40.4 Å². The van der Waals surface area contributed by atoms with Gasteiger partial charge in [-0.25, -0.2) is 4.39 Å². The van der Waals surface area contributed by atoms with E-state index >= 15 is 0 Å². The van der Waals surface area contributed by atoms with Gasteiger partial charge in [0.25, 0.3) is 0 Å². The molecule has 0 radical (unpaired) electrons. The van der Waals surface area contributed by atoms with E-state index in [1.165, 1.54) is 50.5 Å². The van der Waals surface area contributed by atoms with E-state index in [1.807, 2.05) is 0 Å². The number of alkyl halides is 1. The number of carbonyl (C=O) groups is 1. The number of hydrogen-bond donors (Lipinski definition) is 0. The molecule has 2 heteroatoms. The maximum atomic E-state index is 15.0. The van der Waals surface area contributed by atoms with Crippen LogP contribution in [0.15, 0.2) is 11.1 Å². The molecule has 0 bridgehead atoms. The van der Waals surface area contributed by atoms with Gasteiger partial charge >= 0.3 is 0 Å². The molecule has 29 heavy (non-hydrogen) atoms. The van der Waals surface area contributed by atoms with Crippen molar-refractivity contribution in [2.45, 2.75) is 111 Å². The number of carbonyl (C=O) groups excluding carboxylic acids is 1. The fourth-order valence-electron chi connectivity index (χ4n) is 8.32. The predicted octanol–water partition coefficient (Wildman–Crippen LogP) is 7.69. The van der Waals surface area contributed by atoms with Crippen LogP contribution in [0.4, 0.5) is 4.39 Å². The smallest absolute Gasteiger partial charge is 0.168 e. The maximum absolute atomic E-state index is 15.0. The Morgan fingerprint density at radius 3 is 2.48 bits per heavy atom. The molecule has 0 aromatic heterocycles. The molecule has 0 aromatic carbocycles. The Bertz CT molecular complexity index is 678. The highest BCUT2D eigenvalue weighted by atomic mass is 19.1. The molecule has 0 amide bonds. The highest BCUT2D eigenvalue weighted by molar-refractivity contribution is 5.86. The van der Waals surface area contributed by atoms with E-state index in [0.717, 1.165) is 42.9 Å². The number of rotatable bonds is 5. The first-order valence-corrected chi connectivity index (χ1v) is 12.6. The molecule has 7 atom stereocenters. The van der Waals surface area contributed by atoms with Crippen LogP contribution < -0.4 is 0 Å². The highest BCUT2D eigenvalue weighted by Gasteiger charge is 2.57. The summed E-state index contributed by atoms with van der Waals surface area (Å²) in [5.41, 5.74) is 2.96. The average molecular weight is 403 g/mol. The fourth-order valence-corrected chi connectivity index (χ4v) is 8.32. The molecule has 0 N–H and O–H groups in total. The second kappa shape index (κ2) is 7.79. The molecule has 3 saturated carbocycles. The van der Waals surface area contributed by atoms with Gasteiger partial charge in [0.1, 0.15) is 0 Å². The molecular weight excluding hydrogens is 359 g/mol. The van der Waals surface area contributed by atoms with E-state index in [4.69, 9.17) is 0 Å². The van der Waals surface area contributed by atoms with E-state index in [2.05, 4.69) is 34.6 Å². The van der Waals surface area contributed by atoms with Gasteiger partial charge in [0, 0.05) is 11.8 Å². The first kappa shape index (κ1) is 21.6. The Hall–Kier alpha value is -0.660. The van der Waals surface area contributed by atoms with Crippen LogP contribution in [0.2, 0.25) is 0 Å². The normalized spacial score (nSPS) is 43.2. The molecule has 0 heterocycles. The predicted molar refractivity (Wildman–Crippen MR) is 118 cm³/mol. The zero-order valence-electron chi connectivity index (χ0n) is 19.5. The van der Waals surface area contributed by atoms with Crippen LogP contribution in [0.25, 0.3) is 0 Å². The summed E-state index contributed by atoms with van der Waals surface area (Å²) in [5.74, 6) is 3.82. The third-order valence-electron chi connectivity index (χ3n) is 9.99. The molecule has 4 aliphatic carbocycles. The summed E-state index contributed by atoms with van der Waals surface area (Å²) in [7, 11) is 0. The van der Waals surface area contributed by atoms with Crippen LogP contribution >= 0.6 is 0 Å².